The van der Waals surface area contributed by atoms with E-state index in [0.717, 1.165) is 16.0 Å². The van der Waals surface area contributed by atoms with Crippen molar-refractivity contribution in [2.24, 2.45) is 0 Å². The average molecular weight is 553 g/mol. The van der Waals surface area contributed by atoms with Crippen LogP contribution in [0.25, 0.3) is 11.4 Å². The average Bonchev–Trinajstić information content (AvgIpc) is 3.56. The molecule has 0 bridgehead atoms. The second-order valence-electron chi connectivity index (χ2n) is 9.68. The SMILES string of the molecule is COc1ccc(CN(C(=O)Cn2nnc(-c3ccc(Cl)cc3)n2)C(C(=O)NC(C)(C)C)c2cccs2)cc1. The molecule has 9 nitrogen and oxygen atoms in total. The number of nitrogens with one attached hydrogen (secondary N) is 1. The van der Waals surface area contributed by atoms with Gasteiger partial charge in [-0.1, -0.05) is 29.8 Å². The Bertz CT molecular complexity index is 1370. The lowest BCUT2D eigenvalue weighted by atomic mass is 10.1. The molecule has 0 aliphatic rings. The van der Waals surface area contributed by atoms with Crippen molar-refractivity contribution in [3.63, 3.8) is 0 Å². The zero-order valence-electron chi connectivity index (χ0n) is 21.6. The summed E-state index contributed by atoms with van der Waals surface area (Å²) in [5.74, 6) is 0.475. The topological polar surface area (TPSA) is 102 Å². The number of nitrogens with zero attached hydrogens (tertiary/aromatic N) is 5. The van der Waals surface area contributed by atoms with Gasteiger partial charge in [0.05, 0.1) is 7.11 Å². The van der Waals surface area contributed by atoms with E-state index in [1.807, 2.05) is 62.5 Å². The lowest BCUT2D eigenvalue weighted by Crippen LogP contribution is -2.49. The lowest BCUT2D eigenvalue weighted by molar-refractivity contribution is -0.143. The Morgan fingerprint density at radius 3 is 2.42 bits per heavy atom. The Hall–Kier alpha value is -3.76. The minimum absolute atomic E-state index is 0.193. The molecule has 1 atom stereocenters. The third-order valence-electron chi connectivity index (χ3n) is 5.54. The highest BCUT2D eigenvalue weighted by molar-refractivity contribution is 7.10. The first-order valence-corrected chi connectivity index (χ1v) is 13.2. The first kappa shape index (κ1) is 27.3. The predicted octanol–water partition coefficient (Wildman–Crippen LogP) is 4.75. The van der Waals surface area contributed by atoms with Crippen molar-refractivity contribution in [1.29, 1.82) is 0 Å². The predicted molar refractivity (Wildman–Crippen MR) is 147 cm³/mol. The van der Waals surface area contributed by atoms with Gasteiger partial charge in [-0.05, 0) is 79.4 Å². The third kappa shape index (κ3) is 6.96. The number of thiophene rings is 1. The molecule has 2 amide bonds. The van der Waals surface area contributed by atoms with Gasteiger partial charge in [-0.2, -0.15) is 4.80 Å². The van der Waals surface area contributed by atoms with Gasteiger partial charge >= 0.3 is 0 Å². The summed E-state index contributed by atoms with van der Waals surface area (Å²) in [6.07, 6.45) is 0. The summed E-state index contributed by atoms with van der Waals surface area (Å²) in [6.45, 7) is 5.72. The number of carbonyl (C=O) groups excluding carboxylic acids is 2. The molecule has 0 aliphatic heterocycles. The molecular weight excluding hydrogens is 524 g/mol. The standard InChI is InChI=1S/C27H29ClN6O3S/c1-27(2,3)29-26(36)24(22-6-5-15-38-22)33(16-18-7-13-21(37-4)14-8-18)23(35)17-34-31-25(30-32-34)19-9-11-20(28)12-10-19/h5-15,24H,16-17H2,1-4H3,(H,29,36). The van der Waals surface area contributed by atoms with E-state index in [0.29, 0.717) is 16.6 Å². The fourth-order valence-corrected chi connectivity index (χ4v) is 4.76. The number of hydrogen-bond acceptors (Lipinski definition) is 7. The Morgan fingerprint density at radius 1 is 1.11 bits per heavy atom. The van der Waals surface area contributed by atoms with Gasteiger partial charge < -0.3 is 15.0 Å². The zero-order valence-corrected chi connectivity index (χ0v) is 23.2. The normalized spacial score (nSPS) is 12.1. The minimum Gasteiger partial charge on any atom is -0.497 e. The van der Waals surface area contributed by atoms with Crippen LogP contribution in [0.2, 0.25) is 5.02 Å². The van der Waals surface area contributed by atoms with Crippen LogP contribution < -0.4 is 10.1 Å². The highest BCUT2D eigenvalue weighted by Gasteiger charge is 2.34. The summed E-state index contributed by atoms with van der Waals surface area (Å²) < 4.78 is 5.27. The molecule has 2 aromatic carbocycles. The molecule has 38 heavy (non-hydrogen) atoms. The number of aromatic nitrogens is 4. The molecule has 0 aliphatic carbocycles. The van der Waals surface area contributed by atoms with Crippen molar-refractivity contribution in [2.75, 3.05) is 7.11 Å². The Morgan fingerprint density at radius 2 is 1.82 bits per heavy atom. The highest BCUT2D eigenvalue weighted by Crippen LogP contribution is 2.29. The summed E-state index contributed by atoms with van der Waals surface area (Å²) in [7, 11) is 1.60. The number of rotatable bonds is 9. The summed E-state index contributed by atoms with van der Waals surface area (Å²) in [5.41, 5.74) is 1.09. The molecule has 0 spiro atoms. The van der Waals surface area contributed by atoms with Gasteiger partial charge in [0.1, 0.15) is 18.3 Å². The van der Waals surface area contributed by atoms with E-state index in [1.165, 1.54) is 16.1 Å². The number of tetrazole rings is 1. The maximum absolute atomic E-state index is 13.8. The van der Waals surface area contributed by atoms with Crippen LogP contribution in [0.4, 0.5) is 0 Å². The quantitative estimate of drug-likeness (QED) is 0.321. The summed E-state index contributed by atoms with van der Waals surface area (Å²) in [4.78, 5) is 30.9. The molecule has 2 aromatic heterocycles. The van der Waals surface area contributed by atoms with Crippen LogP contribution in [-0.2, 0) is 22.7 Å². The fourth-order valence-electron chi connectivity index (χ4n) is 3.80. The molecule has 4 aromatic rings. The van der Waals surface area contributed by atoms with E-state index in [-0.39, 0.29) is 24.9 Å². The van der Waals surface area contributed by atoms with E-state index in [2.05, 4.69) is 20.7 Å². The fraction of sp³-hybridized carbons (Fsp3) is 0.296. The van der Waals surface area contributed by atoms with Crippen LogP contribution in [0.1, 0.15) is 37.3 Å². The molecule has 198 valence electrons. The number of carbonyl (C=O) groups is 2. The maximum Gasteiger partial charge on any atom is 0.248 e. The van der Waals surface area contributed by atoms with Crippen molar-refractivity contribution in [1.82, 2.24) is 30.4 Å². The number of ether oxygens (including phenoxy) is 1. The van der Waals surface area contributed by atoms with Gasteiger partial charge in [0, 0.05) is 27.5 Å². The van der Waals surface area contributed by atoms with Crippen LogP contribution in [0, 0.1) is 0 Å². The molecule has 11 heteroatoms. The molecular formula is C27H29ClN6O3S. The summed E-state index contributed by atoms with van der Waals surface area (Å²) in [6, 6.07) is 17.3. The van der Waals surface area contributed by atoms with E-state index in [1.54, 1.807) is 36.3 Å². The van der Waals surface area contributed by atoms with Gasteiger partial charge in [0.25, 0.3) is 0 Å². The second kappa shape index (κ2) is 11.7. The number of methoxy groups -OCH3 is 1. The van der Waals surface area contributed by atoms with Crippen molar-refractivity contribution >= 4 is 34.8 Å². The van der Waals surface area contributed by atoms with E-state index in [9.17, 15) is 9.59 Å². The van der Waals surface area contributed by atoms with Crippen molar-refractivity contribution in [2.45, 2.75) is 45.4 Å². The minimum atomic E-state index is -0.844. The molecule has 4 rings (SSSR count). The smallest absolute Gasteiger partial charge is 0.248 e. The molecule has 2 heterocycles. The number of amides is 2. The Labute approximate surface area is 230 Å². The summed E-state index contributed by atoms with van der Waals surface area (Å²) >= 11 is 7.40. The molecule has 1 unspecified atom stereocenters. The number of hydrogen-bond donors (Lipinski definition) is 1. The monoisotopic (exact) mass is 552 g/mol. The van der Waals surface area contributed by atoms with Crippen LogP contribution in [0.3, 0.4) is 0 Å². The largest absolute Gasteiger partial charge is 0.497 e. The van der Waals surface area contributed by atoms with E-state index < -0.39 is 11.6 Å². The maximum atomic E-state index is 13.8. The van der Waals surface area contributed by atoms with Gasteiger partial charge in [0.15, 0.2) is 0 Å². The number of halogens is 1. The van der Waals surface area contributed by atoms with Crippen molar-refractivity contribution in [3.8, 4) is 17.1 Å². The van der Waals surface area contributed by atoms with Gasteiger partial charge in [-0.25, -0.2) is 0 Å². The van der Waals surface area contributed by atoms with E-state index >= 15 is 0 Å². The first-order chi connectivity index (χ1) is 18.1. The first-order valence-electron chi connectivity index (χ1n) is 11.9. The molecule has 0 radical (unpaired) electrons. The van der Waals surface area contributed by atoms with Gasteiger partial charge in [-0.3, -0.25) is 9.59 Å². The van der Waals surface area contributed by atoms with Crippen LogP contribution in [-0.4, -0.2) is 49.6 Å². The number of benzene rings is 2. The molecule has 1 N–H and O–H groups in total. The Balaban J connectivity index is 1.65. The zero-order chi connectivity index (χ0) is 27.3. The van der Waals surface area contributed by atoms with Crippen molar-refractivity contribution in [3.05, 3.63) is 81.5 Å². The van der Waals surface area contributed by atoms with Crippen molar-refractivity contribution < 1.29 is 14.3 Å². The van der Waals surface area contributed by atoms with Crippen LogP contribution in [0.5, 0.6) is 5.75 Å². The van der Waals surface area contributed by atoms with Crippen LogP contribution in [0.15, 0.2) is 66.0 Å². The van der Waals surface area contributed by atoms with Gasteiger partial charge in [-0.15, -0.1) is 21.5 Å². The molecule has 0 saturated carbocycles. The Kier molecular flexibility index (Phi) is 8.43. The second-order valence-corrected chi connectivity index (χ2v) is 11.1. The van der Waals surface area contributed by atoms with E-state index in [4.69, 9.17) is 16.3 Å². The van der Waals surface area contributed by atoms with Gasteiger partial charge in [0.2, 0.25) is 17.6 Å². The third-order valence-corrected chi connectivity index (χ3v) is 6.71. The molecule has 0 fully saturated rings. The highest BCUT2D eigenvalue weighted by atomic mass is 35.5. The van der Waals surface area contributed by atoms with Crippen LogP contribution >= 0.6 is 22.9 Å². The lowest BCUT2D eigenvalue weighted by Gasteiger charge is -2.33. The summed E-state index contributed by atoms with van der Waals surface area (Å²) in [5, 5.41) is 18.1. The molecule has 0 saturated heterocycles.